The van der Waals surface area contributed by atoms with E-state index < -0.39 is 11.0 Å². The Labute approximate surface area is 90.8 Å². The van der Waals surface area contributed by atoms with E-state index in [1.165, 1.54) is 0 Å². The van der Waals surface area contributed by atoms with Crippen LogP contribution in [0.1, 0.15) is 47.5 Å². The van der Waals surface area contributed by atoms with Gasteiger partial charge in [-0.1, -0.05) is 12.2 Å². The molecule has 0 aromatic rings. The van der Waals surface area contributed by atoms with Crippen LogP contribution in [0, 0.1) is 0 Å². The zero-order chi connectivity index (χ0) is 11.2. The molecule has 2 atom stereocenters. The van der Waals surface area contributed by atoms with Gasteiger partial charge in [0.25, 0.3) is 0 Å². The SMILES string of the molecule is C/C=C/CC[C@H](C)N[S@](=O)C(C)(C)C. The van der Waals surface area contributed by atoms with Gasteiger partial charge < -0.3 is 0 Å². The minimum Gasteiger partial charge on any atom is -0.242 e. The van der Waals surface area contributed by atoms with Crippen molar-refractivity contribution in [3.05, 3.63) is 12.2 Å². The van der Waals surface area contributed by atoms with E-state index in [-0.39, 0.29) is 4.75 Å². The molecule has 0 aliphatic carbocycles. The van der Waals surface area contributed by atoms with Crippen LogP contribution in [0.2, 0.25) is 0 Å². The van der Waals surface area contributed by atoms with Crippen LogP contribution in [0.4, 0.5) is 0 Å². The monoisotopic (exact) mass is 217 g/mol. The van der Waals surface area contributed by atoms with Crippen molar-refractivity contribution in [1.29, 1.82) is 0 Å². The Bertz CT molecular complexity index is 206. The maximum Gasteiger partial charge on any atom is 0.0972 e. The Hall–Kier alpha value is -0.150. The van der Waals surface area contributed by atoms with E-state index in [0.717, 1.165) is 12.8 Å². The Morgan fingerprint density at radius 3 is 2.43 bits per heavy atom. The lowest BCUT2D eigenvalue weighted by Crippen LogP contribution is -2.38. The zero-order valence-electron chi connectivity index (χ0n) is 9.96. The first kappa shape index (κ1) is 13.8. The molecule has 3 heteroatoms. The molecule has 0 saturated carbocycles. The molecule has 0 spiro atoms. The Kier molecular flexibility index (Phi) is 6.29. The highest BCUT2D eigenvalue weighted by Crippen LogP contribution is 2.10. The van der Waals surface area contributed by atoms with Crippen molar-refractivity contribution in [2.75, 3.05) is 0 Å². The second-order valence-corrected chi connectivity index (χ2v) is 6.54. The molecular formula is C11H23NOS. The van der Waals surface area contributed by atoms with Crippen LogP contribution in [-0.2, 0) is 11.0 Å². The Balaban J connectivity index is 3.83. The van der Waals surface area contributed by atoms with Gasteiger partial charge in [-0.25, -0.2) is 8.93 Å². The summed E-state index contributed by atoms with van der Waals surface area (Å²) < 4.78 is 14.6. The molecule has 0 heterocycles. The molecule has 14 heavy (non-hydrogen) atoms. The summed E-state index contributed by atoms with van der Waals surface area (Å²) in [6, 6.07) is 0.311. The third-order valence-electron chi connectivity index (χ3n) is 1.87. The summed E-state index contributed by atoms with van der Waals surface area (Å²) in [6.07, 6.45) is 6.27. The largest absolute Gasteiger partial charge is 0.242 e. The van der Waals surface area contributed by atoms with Crippen LogP contribution in [0.3, 0.4) is 0 Å². The van der Waals surface area contributed by atoms with Gasteiger partial charge in [0, 0.05) is 6.04 Å². The van der Waals surface area contributed by atoms with Crippen LogP contribution in [-0.4, -0.2) is 15.0 Å². The molecule has 0 saturated heterocycles. The minimum absolute atomic E-state index is 0.172. The van der Waals surface area contributed by atoms with Crippen LogP contribution < -0.4 is 4.72 Å². The topological polar surface area (TPSA) is 29.1 Å². The third kappa shape index (κ3) is 6.33. The lowest BCUT2D eigenvalue weighted by molar-refractivity contribution is 0.585. The quantitative estimate of drug-likeness (QED) is 0.705. The predicted molar refractivity (Wildman–Crippen MR) is 64.5 cm³/mol. The van der Waals surface area contributed by atoms with Crippen molar-refractivity contribution >= 4 is 11.0 Å². The smallest absolute Gasteiger partial charge is 0.0972 e. The molecule has 0 aliphatic heterocycles. The molecule has 0 fully saturated rings. The summed E-state index contributed by atoms with van der Waals surface area (Å²) in [5, 5.41) is 0. The summed E-state index contributed by atoms with van der Waals surface area (Å²) in [7, 11) is -0.947. The molecule has 0 amide bonds. The molecule has 0 aliphatic rings. The summed E-state index contributed by atoms with van der Waals surface area (Å²) in [6.45, 7) is 10.0. The maximum absolute atomic E-state index is 11.7. The van der Waals surface area contributed by atoms with Crippen LogP contribution in [0.5, 0.6) is 0 Å². The van der Waals surface area contributed by atoms with E-state index in [0.29, 0.717) is 6.04 Å². The minimum atomic E-state index is -0.947. The fourth-order valence-corrected chi connectivity index (χ4v) is 1.77. The second-order valence-electron chi connectivity index (χ2n) is 4.55. The van der Waals surface area contributed by atoms with Crippen molar-refractivity contribution in [3.8, 4) is 0 Å². The lowest BCUT2D eigenvalue weighted by atomic mass is 10.2. The molecule has 0 aromatic heterocycles. The summed E-state index contributed by atoms with van der Waals surface area (Å²) in [5.74, 6) is 0. The average molecular weight is 217 g/mol. The van der Waals surface area contributed by atoms with E-state index in [9.17, 15) is 4.21 Å². The van der Waals surface area contributed by atoms with Gasteiger partial charge in [0.05, 0.1) is 15.7 Å². The zero-order valence-corrected chi connectivity index (χ0v) is 10.8. The maximum atomic E-state index is 11.7. The molecule has 0 aromatic carbocycles. The first-order valence-corrected chi connectivity index (χ1v) is 6.32. The van der Waals surface area contributed by atoms with Crippen molar-refractivity contribution < 1.29 is 4.21 Å². The van der Waals surface area contributed by atoms with E-state index in [4.69, 9.17) is 0 Å². The Morgan fingerprint density at radius 2 is 2.00 bits per heavy atom. The highest BCUT2D eigenvalue weighted by atomic mass is 32.2. The highest BCUT2D eigenvalue weighted by Gasteiger charge is 2.20. The fourth-order valence-electron chi connectivity index (χ4n) is 0.931. The summed E-state index contributed by atoms with van der Waals surface area (Å²) in [5.41, 5.74) is 0. The van der Waals surface area contributed by atoms with Crippen LogP contribution in [0.25, 0.3) is 0 Å². The van der Waals surface area contributed by atoms with Gasteiger partial charge in [-0.15, -0.1) is 0 Å². The van der Waals surface area contributed by atoms with Gasteiger partial charge >= 0.3 is 0 Å². The van der Waals surface area contributed by atoms with E-state index in [1.807, 2.05) is 33.8 Å². The molecule has 0 rings (SSSR count). The summed E-state index contributed by atoms with van der Waals surface area (Å²) in [4.78, 5) is 0. The normalized spacial score (nSPS) is 17.2. The molecular weight excluding hydrogens is 194 g/mol. The molecule has 0 bridgehead atoms. The van der Waals surface area contributed by atoms with Crippen molar-refractivity contribution in [2.45, 2.75) is 58.2 Å². The third-order valence-corrected chi connectivity index (χ3v) is 3.60. The van der Waals surface area contributed by atoms with Crippen molar-refractivity contribution in [1.82, 2.24) is 4.72 Å². The second kappa shape index (κ2) is 6.36. The van der Waals surface area contributed by atoms with Gasteiger partial charge in [-0.3, -0.25) is 0 Å². The first-order valence-electron chi connectivity index (χ1n) is 5.17. The molecule has 1 N–H and O–H groups in total. The van der Waals surface area contributed by atoms with Gasteiger partial charge in [0.2, 0.25) is 0 Å². The molecule has 0 unspecified atom stereocenters. The van der Waals surface area contributed by atoms with E-state index in [1.54, 1.807) is 0 Å². The number of hydrogen-bond donors (Lipinski definition) is 1. The fraction of sp³-hybridized carbons (Fsp3) is 0.818. The molecule has 2 nitrogen and oxygen atoms in total. The standard InChI is InChI=1S/C11H23NOS/c1-6-7-8-9-10(2)12-14(13)11(3,4)5/h6-7,10,12H,8-9H2,1-5H3/b7-6+/t10-,14+/m0/s1. The van der Waals surface area contributed by atoms with Crippen LogP contribution >= 0.6 is 0 Å². The Morgan fingerprint density at radius 1 is 1.43 bits per heavy atom. The lowest BCUT2D eigenvalue weighted by Gasteiger charge is -2.21. The average Bonchev–Trinajstić information content (AvgIpc) is 2.03. The van der Waals surface area contributed by atoms with Crippen LogP contribution in [0.15, 0.2) is 12.2 Å². The van der Waals surface area contributed by atoms with Gasteiger partial charge in [0.15, 0.2) is 0 Å². The molecule has 84 valence electrons. The molecule has 0 radical (unpaired) electrons. The van der Waals surface area contributed by atoms with Gasteiger partial charge in [0.1, 0.15) is 0 Å². The van der Waals surface area contributed by atoms with E-state index in [2.05, 4.69) is 17.7 Å². The van der Waals surface area contributed by atoms with Crippen molar-refractivity contribution in [3.63, 3.8) is 0 Å². The summed E-state index contributed by atoms with van der Waals surface area (Å²) >= 11 is 0. The number of nitrogens with one attached hydrogen (secondary N) is 1. The van der Waals surface area contributed by atoms with E-state index >= 15 is 0 Å². The number of allylic oxidation sites excluding steroid dienone is 2. The number of rotatable bonds is 5. The van der Waals surface area contributed by atoms with Crippen molar-refractivity contribution in [2.24, 2.45) is 0 Å². The van der Waals surface area contributed by atoms with Gasteiger partial charge in [-0.05, 0) is 47.5 Å². The van der Waals surface area contributed by atoms with Gasteiger partial charge in [-0.2, -0.15) is 0 Å². The first-order chi connectivity index (χ1) is 6.38. The highest BCUT2D eigenvalue weighted by molar-refractivity contribution is 7.84. The number of hydrogen-bond acceptors (Lipinski definition) is 1. The predicted octanol–water partition coefficient (Wildman–Crippen LogP) is 2.78.